The minimum atomic E-state index is -0.503. The van der Waals surface area contributed by atoms with Crippen molar-refractivity contribution in [2.75, 3.05) is 13.1 Å². The number of hydrogen-bond donors (Lipinski definition) is 4. The molecule has 0 aliphatic heterocycles. The molecular weight excluding hydrogens is 218 g/mol. The highest BCUT2D eigenvalue weighted by Crippen LogP contribution is 2.35. The van der Waals surface area contributed by atoms with E-state index in [2.05, 4.69) is 10.6 Å². The summed E-state index contributed by atoms with van der Waals surface area (Å²) in [5.41, 5.74) is 7.16. The van der Waals surface area contributed by atoms with E-state index in [-0.39, 0.29) is 6.04 Å². The number of benzene rings is 1. The van der Waals surface area contributed by atoms with Gasteiger partial charge in [0.15, 0.2) is 0 Å². The van der Waals surface area contributed by atoms with Crippen LogP contribution in [0.5, 0.6) is 5.75 Å². The second-order valence-electron chi connectivity index (χ2n) is 4.18. The first-order chi connectivity index (χ1) is 8.18. The van der Waals surface area contributed by atoms with Gasteiger partial charge in [-0.05, 0) is 30.0 Å². The molecule has 0 bridgehead atoms. The number of urea groups is 1. The third-order valence-corrected chi connectivity index (χ3v) is 3.06. The molecule has 5 nitrogen and oxygen atoms in total. The van der Waals surface area contributed by atoms with E-state index in [1.807, 2.05) is 12.1 Å². The predicted octanol–water partition coefficient (Wildman–Crippen LogP) is 0.637. The standard InChI is InChI=1S/C12H17N3O2/c13-12(17)15-7-6-14-10-5-4-9-8(10)2-1-3-11(9)16/h1-3,10,14,16H,4-7H2,(H3,13,15,17). The molecule has 0 radical (unpaired) electrons. The Morgan fingerprint density at radius 3 is 3.06 bits per heavy atom. The van der Waals surface area contributed by atoms with Gasteiger partial charge in [0.2, 0.25) is 0 Å². The molecule has 1 aliphatic rings. The predicted molar refractivity (Wildman–Crippen MR) is 64.8 cm³/mol. The van der Waals surface area contributed by atoms with E-state index in [9.17, 15) is 9.90 Å². The lowest BCUT2D eigenvalue weighted by Crippen LogP contribution is -2.36. The van der Waals surface area contributed by atoms with Crippen molar-refractivity contribution < 1.29 is 9.90 Å². The van der Waals surface area contributed by atoms with Crippen LogP contribution < -0.4 is 16.4 Å². The third-order valence-electron chi connectivity index (χ3n) is 3.06. The number of amides is 2. The fourth-order valence-electron chi connectivity index (χ4n) is 2.28. The Morgan fingerprint density at radius 2 is 2.29 bits per heavy atom. The van der Waals surface area contributed by atoms with Crippen LogP contribution in [0.3, 0.4) is 0 Å². The first-order valence-electron chi connectivity index (χ1n) is 5.76. The van der Waals surface area contributed by atoms with Gasteiger partial charge >= 0.3 is 6.03 Å². The van der Waals surface area contributed by atoms with Crippen LogP contribution >= 0.6 is 0 Å². The number of fused-ring (bicyclic) bond motifs is 1. The Kier molecular flexibility index (Phi) is 3.49. The molecule has 2 amide bonds. The zero-order valence-electron chi connectivity index (χ0n) is 9.57. The summed E-state index contributed by atoms with van der Waals surface area (Å²) < 4.78 is 0. The molecule has 1 aliphatic carbocycles. The monoisotopic (exact) mass is 235 g/mol. The average Bonchev–Trinajstić information content (AvgIpc) is 2.69. The number of nitrogens with one attached hydrogen (secondary N) is 2. The Morgan fingerprint density at radius 1 is 1.47 bits per heavy atom. The third kappa shape index (κ3) is 2.68. The van der Waals surface area contributed by atoms with Crippen LogP contribution in [0.25, 0.3) is 0 Å². The van der Waals surface area contributed by atoms with Crippen LogP contribution in [0.4, 0.5) is 4.79 Å². The largest absolute Gasteiger partial charge is 0.508 e. The number of aromatic hydroxyl groups is 1. The van der Waals surface area contributed by atoms with E-state index in [0.29, 0.717) is 18.8 Å². The molecule has 1 atom stereocenters. The topological polar surface area (TPSA) is 87.4 Å². The van der Waals surface area contributed by atoms with Crippen LogP contribution in [0.2, 0.25) is 0 Å². The average molecular weight is 235 g/mol. The highest BCUT2D eigenvalue weighted by atomic mass is 16.3. The summed E-state index contributed by atoms with van der Waals surface area (Å²) in [4.78, 5) is 10.5. The number of phenols is 1. The molecule has 5 heteroatoms. The maximum absolute atomic E-state index is 10.5. The lowest BCUT2D eigenvalue weighted by molar-refractivity contribution is 0.249. The van der Waals surface area contributed by atoms with Gasteiger partial charge in [-0.2, -0.15) is 0 Å². The lowest BCUT2D eigenvalue weighted by Gasteiger charge is -2.14. The van der Waals surface area contributed by atoms with Crippen molar-refractivity contribution in [3.63, 3.8) is 0 Å². The summed E-state index contributed by atoms with van der Waals surface area (Å²) in [5, 5.41) is 15.6. The van der Waals surface area contributed by atoms with Crippen LogP contribution in [-0.4, -0.2) is 24.2 Å². The number of carbonyl (C=O) groups excluding carboxylic acids is 1. The number of primary amides is 1. The van der Waals surface area contributed by atoms with Gasteiger partial charge in [-0.15, -0.1) is 0 Å². The zero-order valence-corrected chi connectivity index (χ0v) is 9.57. The molecule has 0 saturated heterocycles. The van der Waals surface area contributed by atoms with Gasteiger partial charge in [0, 0.05) is 19.1 Å². The Balaban J connectivity index is 1.89. The molecule has 1 aromatic carbocycles. The normalized spacial score (nSPS) is 17.8. The molecule has 5 N–H and O–H groups in total. The molecule has 1 aromatic rings. The maximum Gasteiger partial charge on any atom is 0.312 e. The van der Waals surface area contributed by atoms with E-state index < -0.39 is 6.03 Å². The first-order valence-corrected chi connectivity index (χ1v) is 5.76. The van der Waals surface area contributed by atoms with Gasteiger partial charge in [-0.3, -0.25) is 0 Å². The highest BCUT2D eigenvalue weighted by Gasteiger charge is 2.23. The lowest BCUT2D eigenvalue weighted by atomic mass is 10.1. The second-order valence-corrected chi connectivity index (χ2v) is 4.18. The van der Waals surface area contributed by atoms with Gasteiger partial charge in [0.05, 0.1) is 0 Å². The molecule has 0 heterocycles. The quantitative estimate of drug-likeness (QED) is 0.577. The Hall–Kier alpha value is -1.75. The van der Waals surface area contributed by atoms with Crippen molar-refractivity contribution in [3.8, 4) is 5.75 Å². The van der Waals surface area contributed by atoms with Crippen molar-refractivity contribution in [1.82, 2.24) is 10.6 Å². The van der Waals surface area contributed by atoms with E-state index in [1.165, 1.54) is 0 Å². The van der Waals surface area contributed by atoms with Crippen molar-refractivity contribution in [2.45, 2.75) is 18.9 Å². The zero-order chi connectivity index (χ0) is 12.3. The molecule has 1 unspecified atom stereocenters. The summed E-state index contributed by atoms with van der Waals surface area (Å²) in [6.07, 6.45) is 1.87. The van der Waals surface area contributed by atoms with E-state index in [4.69, 9.17) is 5.73 Å². The van der Waals surface area contributed by atoms with Crippen LogP contribution in [-0.2, 0) is 6.42 Å². The minimum absolute atomic E-state index is 0.256. The Bertz CT molecular complexity index is 420. The Labute approximate surface area is 100 Å². The van der Waals surface area contributed by atoms with Crippen molar-refractivity contribution in [1.29, 1.82) is 0 Å². The van der Waals surface area contributed by atoms with E-state index in [1.54, 1.807) is 6.07 Å². The summed E-state index contributed by atoms with van der Waals surface area (Å²) in [7, 11) is 0. The van der Waals surface area contributed by atoms with Gasteiger partial charge < -0.3 is 21.5 Å². The van der Waals surface area contributed by atoms with Crippen molar-refractivity contribution in [2.24, 2.45) is 5.73 Å². The summed E-state index contributed by atoms with van der Waals surface area (Å²) in [6.45, 7) is 1.18. The van der Waals surface area contributed by atoms with Gasteiger partial charge in [-0.1, -0.05) is 12.1 Å². The summed E-state index contributed by atoms with van der Waals surface area (Å²) >= 11 is 0. The van der Waals surface area contributed by atoms with Crippen LogP contribution in [0, 0.1) is 0 Å². The first kappa shape index (κ1) is 11.7. The maximum atomic E-state index is 10.5. The SMILES string of the molecule is NC(=O)NCCNC1CCc2c(O)cccc21. The number of carbonyl (C=O) groups is 1. The fourth-order valence-corrected chi connectivity index (χ4v) is 2.28. The molecule has 0 spiro atoms. The van der Waals surface area contributed by atoms with E-state index in [0.717, 1.165) is 24.0 Å². The molecule has 0 aromatic heterocycles. The smallest absolute Gasteiger partial charge is 0.312 e. The van der Waals surface area contributed by atoms with Crippen LogP contribution in [0.15, 0.2) is 18.2 Å². The fraction of sp³-hybridized carbons (Fsp3) is 0.417. The van der Waals surface area contributed by atoms with Crippen LogP contribution in [0.1, 0.15) is 23.6 Å². The summed E-state index contributed by atoms with van der Waals surface area (Å²) in [6, 6.07) is 5.36. The van der Waals surface area contributed by atoms with E-state index >= 15 is 0 Å². The number of nitrogens with two attached hydrogens (primary N) is 1. The highest BCUT2D eigenvalue weighted by molar-refractivity contribution is 5.71. The van der Waals surface area contributed by atoms with Crippen molar-refractivity contribution >= 4 is 6.03 Å². The molecule has 17 heavy (non-hydrogen) atoms. The van der Waals surface area contributed by atoms with Gasteiger partial charge in [0.1, 0.15) is 5.75 Å². The minimum Gasteiger partial charge on any atom is -0.508 e. The summed E-state index contributed by atoms with van der Waals surface area (Å²) in [5.74, 6) is 0.377. The van der Waals surface area contributed by atoms with Crippen molar-refractivity contribution in [3.05, 3.63) is 29.3 Å². The van der Waals surface area contributed by atoms with Gasteiger partial charge in [-0.25, -0.2) is 4.79 Å². The molecular formula is C12H17N3O2. The molecule has 2 rings (SSSR count). The molecule has 92 valence electrons. The number of hydrogen-bond acceptors (Lipinski definition) is 3. The molecule has 0 saturated carbocycles. The second kappa shape index (κ2) is 5.05. The molecule has 0 fully saturated rings. The van der Waals surface area contributed by atoms with Gasteiger partial charge in [0.25, 0.3) is 0 Å². The number of rotatable bonds is 4. The number of phenolic OH excluding ortho intramolecular Hbond substituents is 1.